The number of aromatic nitrogens is 2. The molecule has 86 valence electrons. The van der Waals surface area contributed by atoms with Gasteiger partial charge in [-0.1, -0.05) is 0 Å². The minimum atomic E-state index is -0.272. The Morgan fingerprint density at radius 3 is 3.06 bits per heavy atom. The zero-order chi connectivity index (χ0) is 11.8. The van der Waals surface area contributed by atoms with Crippen molar-refractivity contribution < 1.29 is 9.13 Å². The maximum absolute atomic E-state index is 13.1. The highest BCUT2D eigenvalue weighted by molar-refractivity contribution is 7.13. The summed E-state index contributed by atoms with van der Waals surface area (Å²) in [5.74, 6) is 1.21. The van der Waals surface area contributed by atoms with Crippen LogP contribution in [0.15, 0.2) is 29.6 Å². The molecule has 2 heterocycles. The third-order valence-electron chi connectivity index (χ3n) is 2.51. The molecule has 0 spiro atoms. The second kappa shape index (κ2) is 3.85. The number of methoxy groups -OCH3 is 1. The van der Waals surface area contributed by atoms with Crippen molar-refractivity contribution >= 4 is 22.4 Å². The van der Waals surface area contributed by atoms with Crippen molar-refractivity contribution in [1.82, 2.24) is 9.97 Å². The lowest BCUT2D eigenvalue weighted by atomic mass is 10.3. The summed E-state index contributed by atoms with van der Waals surface area (Å²) < 4.78 is 18.3. The van der Waals surface area contributed by atoms with Gasteiger partial charge in [-0.15, -0.1) is 11.3 Å². The Morgan fingerprint density at radius 1 is 1.35 bits per heavy atom. The maximum atomic E-state index is 13.1. The minimum absolute atomic E-state index is 0.272. The van der Waals surface area contributed by atoms with Crippen LogP contribution in [0.1, 0.15) is 0 Å². The molecular weight excluding hydrogens is 239 g/mol. The second-order valence-electron chi connectivity index (χ2n) is 3.56. The molecule has 0 saturated heterocycles. The van der Waals surface area contributed by atoms with Crippen molar-refractivity contribution in [3.8, 4) is 16.5 Å². The van der Waals surface area contributed by atoms with Gasteiger partial charge in [0.25, 0.3) is 0 Å². The Labute approximate surface area is 101 Å². The number of fused-ring (bicyclic) bond motifs is 1. The van der Waals surface area contributed by atoms with E-state index in [2.05, 4.69) is 9.97 Å². The first-order valence-corrected chi connectivity index (χ1v) is 5.93. The van der Waals surface area contributed by atoms with Crippen LogP contribution in [0.5, 0.6) is 5.75 Å². The van der Waals surface area contributed by atoms with Gasteiger partial charge >= 0.3 is 0 Å². The van der Waals surface area contributed by atoms with Crippen molar-refractivity contribution in [2.45, 2.75) is 0 Å². The van der Waals surface area contributed by atoms with Crippen LogP contribution in [0.2, 0.25) is 0 Å². The van der Waals surface area contributed by atoms with E-state index in [9.17, 15) is 4.39 Å². The maximum Gasteiger partial charge on any atom is 0.152 e. The Balaban J connectivity index is 2.18. The van der Waals surface area contributed by atoms with E-state index in [0.717, 1.165) is 16.1 Å². The molecule has 17 heavy (non-hydrogen) atoms. The molecule has 0 unspecified atom stereocenters. The molecule has 0 saturated carbocycles. The van der Waals surface area contributed by atoms with E-state index in [1.165, 1.54) is 23.5 Å². The summed E-state index contributed by atoms with van der Waals surface area (Å²) in [5, 5.41) is 1.93. The summed E-state index contributed by atoms with van der Waals surface area (Å²) in [6.45, 7) is 0. The third kappa shape index (κ3) is 1.68. The predicted octanol–water partition coefficient (Wildman–Crippen LogP) is 3.44. The van der Waals surface area contributed by atoms with Crippen molar-refractivity contribution in [3.63, 3.8) is 0 Å². The summed E-state index contributed by atoms with van der Waals surface area (Å²) in [5.41, 5.74) is 1.44. The zero-order valence-electron chi connectivity index (χ0n) is 9.03. The molecule has 3 nitrogen and oxygen atoms in total. The summed E-state index contributed by atoms with van der Waals surface area (Å²) in [7, 11) is 1.62. The molecule has 1 N–H and O–H groups in total. The van der Waals surface area contributed by atoms with Gasteiger partial charge in [-0.25, -0.2) is 9.37 Å². The molecule has 0 aliphatic heterocycles. The predicted molar refractivity (Wildman–Crippen MR) is 65.9 cm³/mol. The first-order chi connectivity index (χ1) is 8.28. The highest BCUT2D eigenvalue weighted by Crippen LogP contribution is 2.34. The van der Waals surface area contributed by atoms with Crippen LogP contribution in [0.3, 0.4) is 0 Å². The fraction of sp³-hybridized carbons (Fsp3) is 0.0833. The number of hydrogen-bond acceptors (Lipinski definition) is 3. The fourth-order valence-corrected chi connectivity index (χ4v) is 2.52. The lowest BCUT2D eigenvalue weighted by Gasteiger charge is -1.97. The van der Waals surface area contributed by atoms with Gasteiger partial charge in [-0.3, -0.25) is 0 Å². The minimum Gasteiger partial charge on any atom is -0.495 e. The highest BCUT2D eigenvalue weighted by atomic mass is 32.1. The Hall–Kier alpha value is -1.88. The van der Waals surface area contributed by atoms with Crippen LogP contribution in [-0.2, 0) is 0 Å². The summed E-state index contributed by atoms with van der Waals surface area (Å²) in [6.07, 6.45) is 0. The summed E-state index contributed by atoms with van der Waals surface area (Å²) in [6, 6.07) is 6.38. The second-order valence-corrected chi connectivity index (χ2v) is 4.48. The van der Waals surface area contributed by atoms with Gasteiger partial charge in [-0.05, 0) is 29.6 Å². The van der Waals surface area contributed by atoms with E-state index in [-0.39, 0.29) is 5.82 Å². The Kier molecular flexibility index (Phi) is 2.33. The van der Waals surface area contributed by atoms with Crippen molar-refractivity contribution in [2.24, 2.45) is 0 Å². The monoisotopic (exact) mass is 248 g/mol. The van der Waals surface area contributed by atoms with Crippen LogP contribution < -0.4 is 4.74 Å². The molecule has 2 aromatic heterocycles. The van der Waals surface area contributed by atoms with Gasteiger partial charge in [0.15, 0.2) is 5.82 Å². The average Bonchev–Trinajstić information content (AvgIpc) is 2.93. The molecule has 1 aromatic carbocycles. The number of aromatic amines is 1. The molecule has 3 aromatic rings. The fourth-order valence-electron chi connectivity index (χ4n) is 1.72. The molecule has 0 bridgehead atoms. The first kappa shape index (κ1) is 10.3. The average molecular weight is 248 g/mol. The van der Waals surface area contributed by atoms with E-state index in [0.29, 0.717) is 11.3 Å². The van der Waals surface area contributed by atoms with Crippen LogP contribution in [0.4, 0.5) is 4.39 Å². The standard InChI is InChI=1S/C12H9FN2OS/c1-16-10-4-5-17-11(10)12-14-8-3-2-7(13)6-9(8)15-12/h2-6H,1H3,(H,14,15). The van der Waals surface area contributed by atoms with Crippen LogP contribution in [0.25, 0.3) is 21.7 Å². The number of nitrogens with one attached hydrogen (secondary N) is 1. The van der Waals surface area contributed by atoms with E-state index in [1.807, 2.05) is 11.4 Å². The molecule has 3 rings (SSSR count). The SMILES string of the molecule is COc1ccsc1-c1nc2ccc(F)cc2[nH]1. The van der Waals surface area contributed by atoms with Gasteiger partial charge in [-0.2, -0.15) is 0 Å². The Bertz CT molecular complexity index is 674. The quantitative estimate of drug-likeness (QED) is 0.754. The normalized spacial score (nSPS) is 10.9. The van der Waals surface area contributed by atoms with Crippen LogP contribution in [0, 0.1) is 5.82 Å². The molecule has 0 aliphatic carbocycles. The number of rotatable bonds is 2. The van der Waals surface area contributed by atoms with E-state index in [4.69, 9.17) is 4.74 Å². The van der Waals surface area contributed by atoms with Crippen molar-refractivity contribution in [2.75, 3.05) is 7.11 Å². The lowest BCUT2D eigenvalue weighted by Crippen LogP contribution is -1.83. The number of hydrogen-bond donors (Lipinski definition) is 1. The smallest absolute Gasteiger partial charge is 0.152 e. The Morgan fingerprint density at radius 2 is 2.24 bits per heavy atom. The van der Waals surface area contributed by atoms with E-state index < -0.39 is 0 Å². The molecular formula is C12H9FN2OS. The molecule has 0 atom stereocenters. The number of ether oxygens (including phenoxy) is 1. The zero-order valence-corrected chi connectivity index (χ0v) is 9.84. The number of H-pyrrole nitrogens is 1. The molecule has 5 heteroatoms. The van der Waals surface area contributed by atoms with Gasteiger partial charge < -0.3 is 9.72 Å². The topological polar surface area (TPSA) is 37.9 Å². The van der Waals surface area contributed by atoms with Gasteiger partial charge in [0.05, 0.1) is 18.1 Å². The lowest BCUT2D eigenvalue weighted by molar-refractivity contribution is 0.418. The van der Waals surface area contributed by atoms with Gasteiger partial charge in [0.2, 0.25) is 0 Å². The summed E-state index contributed by atoms with van der Waals surface area (Å²) in [4.78, 5) is 8.43. The van der Waals surface area contributed by atoms with Gasteiger partial charge in [0.1, 0.15) is 16.4 Å². The third-order valence-corrected chi connectivity index (χ3v) is 3.41. The van der Waals surface area contributed by atoms with Crippen molar-refractivity contribution in [3.05, 3.63) is 35.5 Å². The van der Waals surface area contributed by atoms with Crippen LogP contribution >= 0.6 is 11.3 Å². The number of benzene rings is 1. The van der Waals surface area contributed by atoms with Crippen molar-refractivity contribution in [1.29, 1.82) is 0 Å². The number of thiophene rings is 1. The highest BCUT2D eigenvalue weighted by Gasteiger charge is 2.12. The largest absolute Gasteiger partial charge is 0.495 e. The molecule has 0 fully saturated rings. The molecule has 0 aliphatic rings. The van der Waals surface area contributed by atoms with Crippen LogP contribution in [-0.4, -0.2) is 17.1 Å². The molecule has 0 radical (unpaired) electrons. The summed E-state index contributed by atoms with van der Waals surface area (Å²) >= 11 is 1.53. The van der Waals surface area contributed by atoms with E-state index >= 15 is 0 Å². The first-order valence-electron chi connectivity index (χ1n) is 5.05. The molecule has 0 amide bonds. The van der Waals surface area contributed by atoms with Gasteiger partial charge in [0, 0.05) is 0 Å². The number of halogens is 1. The number of nitrogens with zero attached hydrogens (tertiary/aromatic N) is 1. The van der Waals surface area contributed by atoms with E-state index in [1.54, 1.807) is 13.2 Å². The number of imidazole rings is 1.